The molecule has 2 aliphatic carbocycles. The first-order chi connectivity index (χ1) is 11.9. The maximum atomic E-state index is 12.8. The van der Waals surface area contributed by atoms with E-state index in [1.54, 1.807) is 14.2 Å². The molecule has 134 valence electrons. The molecule has 0 radical (unpaired) electrons. The van der Waals surface area contributed by atoms with Gasteiger partial charge in [-0.2, -0.15) is 0 Å². The second-order valence-electron chi connectivity index (χ2n) is 7.22. The van der Waals surface area contributed by atoms with Gasteiger partial charge >= 0.3 is 0 Å². The zero-order valence-corrected chi connectivity index (χ0v) is 15.4. The molecular weight excluding hydrogens is 316 g/mol. The molecule has 1 saturated carbocycles. The Morgan fingerprint density at radius 1 is 1.24 bits per heavy atom. The van der Waals surface area contributed by atoms with Crippen LogP contribution in [0.5, 0.6) is 11.5 Å². The lowest BCUT2D eigenvalue weighted by Gasteiger charge is -2.45. The first-order valence-corrected chi connectivity index (χ1v) is 8.76. The number of aliphatic hydroxyl groups is 1. The van der Waals surface area contributed by atoms with Gasteiger partial charge in [0.25, 0.3) is 0 Å². The van der Waals surface area contributed by atoms with Crippen LogP contribution in [0.3, 0.4) is 0 Å². The van der Waals surface area contributed by atoms with Crippen molar-refractivity contribution in [2.45, 2.75) is 45.6 Å². The summed E-state index contributed by atoms with van der Waals surface area (Å²) in [7, 11) is 3.20. The molecule has 3 rings (SSSR count). The molecular formula is C21H26O4. The standard InChI is InChI=1S/C21H26O4/c1-13-16-6-5-7-19(22)21(16,2)12-15(20(13)23)10-14-8-9-17(24-3)18(11-14)25-4/h8-11,19,22H,5-7,12H2,1-4H3/t19-,21-/m0/s1. The Bertz CT molecular complexity index is 759. The van der Waals surface area contributed by atoms with Crippen LogP contribution in [0.1, 0.15) is 45.1 Å². The number of Topliss-reactive ketones (excluding diaryl/α,β-unsaturated/α-hetero) is 1. The van der Waals surface area contributed by atoms with Gasteiger partial charge in [0.15, 0.2) is 17.3 Å². The van der Waals surface area contributed by atoms with E-state index in [4.69, 9.17) is 9.47 Å². The van der Waals surface area contributed by atoms with Crippen molar-refractivity contribution in [2.75, 3.05) is 14.2 Å². The summed E-state index contributed by atoms with van der Waals surface area (Å²) >= 11 is 0. The van der Waals surface area contributed by atoms with E-state index in [-0.39, 0.29) is 11.2 Å². The molecule has 4 nitrogen and oxygen atoms in total. The van der Waals surface area contributed by atoms with Crippen LogP contribution in [-0.4, -0.2) is 31.2 Å². The highest BCUT2D eigenvalue weighted by Gasteiger charge is 2.45. The van der Waals surface area contributed by atoms with Crippen LogP contribution in [-0.2, 0) is 4.79 Å². The van der Waals surface area contributed by atoms with Crippen molar-refractivity contribution in [1.82, 2.24) is 0 Å². The summed E-state index contributed by atoms with van der Waals surface area (Å²) in [5.74, 6) is 1.39. The molecule has 0 unspecified atom stereocenters. The molecule has 0 aromatic heterocycles. The Kier molecular flexibility index (Phi) is 4.74. The van der Waals surface area contributed by atoms with E-state index in [0.717, 1.165) is 41.5 Å². The highest BCUT2D eigenvalue weighted by molar-refractivity contribution is 6.12. The second kappa shape index (κ2) is 6.68. The van der Waals surface area contributed by atoms with Gasteiger partial charge in [-0.15, -0.1) is 0 Å². The third kappa shape index (κ3) is 2.99. The van der Waals surface area contributed by atoms with Gasteiger partial charge in [-0.1, -0.05) is 18.6 Å². The number of ketones is 1. The Hall–Kier alpha value is -2.07. The zero-order valence-electron chi connectivity index (χ0n) is 15.4. The number of hydrogen-bond acceptors (Lipinski definition) is 4. The van der Waals surface area contributed by atoms with Crippen LogP contribution in [0.4, 0.5) is 0 Å². The van der Waals surface area contributed by atoms with Crippen molar-refractivity contribution in [3.05, 3.63) is 40.5 Å². The average Bonchev–Trinajstić information content (AvgIpc) is 2.61. The molecule has 1 fully saturated rings. The molecule has 2 atom stereocenters. The smallest absolute Gasteiger partial charge is 0.184 e. The largest absolute Gasteiger partial charge is 0.493 e. The predicted octanol–water partition coefficient (Wildman–Crippen LogP) is 3.93. The van der Waals surface area contributed by atoms with Crippen LogP contribution in [0, 0.1) is 5.41 Å². The van der Waals surface area contributed by atoms with Crippen LogP contribution < -0.4 is 9.47 Å². The number of allylic oxidation sites excluding steroid dienone is 2. The lowest BCUT2D eigenvalue weighted by molar-refractivity contribution is -0.113. The molecule has 0 heterocycles. The van der Waals surface area contributed by atoms with Gasteiger partial charge in [0.05, 0.1) is 20.3 Å². The number of methoxy groups -OCH3 is 2. The minimum Gasteiger partial charge on any atom is -0.493 e. The minimum atomic E-state index is -0.395. The third-order valence-electron chi connectivity index (χ3n) is 5.72. The van der Waals surface area contributed by atoms with Crippen LogP contribution in [0.2, 0.25) is 0 Å². The fourth-order valence-corrected chi connectivity index (χ4v) is 4.23. The highest BCUT2D eigenvalue weighted by atomic mass is 16.5. The van der Waals surface area contributed by atoms with Crippen molar-refractivity contribution >= 4 is 11.9 Å². The van der Waals surface area contributed by atoms with E-state index in [2.05, 4.69) is 6.92 Å². The SMILES string of the molecule is COc1ccc(C=C2C[C@@]3(C)C(=C(C)C2=O)CCC[C@@H]3O)cc1OC. The number of hydrogen-bond donors (Lipinski definition) is 1. The topological polar surface area (TPSA) is 55.8 Å². The summed E-state index contributed by atoms with van der Waals surface area (Å²) in [5, 5.41) is 10.6. The molecule has 25 heavy (non-hydrogen) atoms. The third-order valence-corrected chi connectivity index (χ3v) is 5.72. The molecule has 0 amide bonds. The van der Waals surface area contributed by atoms with Crippen LogP contribution in [0.15, 0.2) is 34.9 Å². The molecule has 1 N–H and O–H groups in total. The molecule has 4 heteroatoms. The summed E-state index contributed by atoms with van der Waals surface area (Å²) in [4.78, 5) is 12.8. The summed E-state index contributed by atoms with van der Waals surface area (Å²) in [6.45, 7) is 3.99. The molecule has 2 aliphatic rings. The van der Waals surface area contributed by atoms with E-state index in [0.29, 0.717) is 17.9 Å². The van der Waals surface area contributed by atoms with E-state index in [1.807, 2.05) is 31.2 Å². The maximum Gasteiger partial charge on any atom is 0.184 e. The Balaban J connectivity index is 2.02. The summed E-state index contributed by atoms with van der Waals surface area (Å²) in [5.41, 5.74) is 3.25. The Labute approximate surface area is 149 Å². The Morgan fingerprint density at radius 2 is 1.96 bits per heavy atom. The highest BCUT2D eigenvalue weighted by Crippen LogP contribution is 2.50. The number of ether oxygens (including phenoxy) is 2. The number of carbonyl (C=O) groups is 1. The Morgan fingerprint density at radius 3 is 2.64 bits per heavy atom. The van der Waals surface area contributed by atoms with Gasteiger partial charge in [-0.3, -0.25) is 4.79 Å². The predicted molar refractivity (Wildman–Crippen MR) is 97.8 cm³/mol. The first-order valence-electron chi connectivity index (χ1n) is 8.76. The van der Waals surface area contributed by atoms with E-state index in [1.165, 1.54) is 0 Å². The molecule has 1 aromatic carbocycles. The fourth-order valence-electron chi connectivity index (χ4n) is 4.23. The van der Waals surface area contributed by atoms with E-state index >= 15 is 0 Å². The second-order valence-corrected chi connectivity index (χ2v) is 7.22. The average molecular weight is 342 g/mol. The van der Waals surface area contributed by atoms with Gasteiger partial charge in [0, 0.05) is 11.0 Å². The summed E-state index contributed by atoms with van der Waals surface area (Å²) in [6.07, 6.45) is 4.75. The van der Waals surface area contributed by atoms with Gasteiger partial charge in [0.1, 0.15) is 0 Å². The number of aliphatic hydroxyl groups excluding tert-OH is 1. The zero-order chi connectivity index (χ0) is 18.2. The number of benzene rings is 1. The summed E-state index contributed by atoms with van der Waals surface area (Å²) < 4.78 is 10.6. The van der Waals surface area contributed by atoms with Crippen molar-refractivity contribution < 1.29 is 19.4 Å². The van der Waals surface area contributed by atoms with Crippen molar-refractivity contribution in [1.29, 1.82) is 0 Å². The van der Waals surface area contributed by atoms with Gasteiger partial charge in [-0.05, 0) is 62.0 Å². The van der Waals surface area contributed by atoms with Gasteiger partial charge in [-0.25, -0.2) is 0 Å². The van der Waals surface area contributed by atoms with Crippen molar-refractivity contribution in [3.8, 4) is 11.5 Å². The minimum absolute atomic E-state index is 0.0939. The fraction of sp³-hybridized carbons (Fsp3) is 0.476. The molecule has 0 spiro atoms. The van der Waals surface area contributed by atoms with Crippen molar-refractivity contribution in [2.24, 2.45) is 5.41 Å². The van der Waals surface area contributed by atoms with Gasteiger partial charge < -0.3 is 14.6 Å². The van der Waals surface area contributed by atoms with Crippen LogP contribution in [0.25, 0.3) is 6.08 Å². The monoisotopic (exact) mass is 342 g/mol. The molecule has 0 saturated heterocycles. The molecule has 1 aromatic rings. The molecule has 0 aliphatic heterocycles. The summed E-state index contributed by atoms with van der Waals surface area (Å²) in [6, 6.07) is 5.62. The maximum absolute atomic E-state index is 12.8. The number of rotatable bonds is 3. The number of carbonyl (C=O) groups excluding carboxylic acids is 1. The van der Waals surface area contributed by atoms with Crippen LogP contribution >= 0.6 is 0 Å². The lowest BCUT2D eigenvalue weighted by Crippen LogP contribution is -2.42. The number of fused-ring (bicyclic) bond motifs is 1. The quantitative estimate of drug-likeness (QED) is 0.846. The normalized spacial score (nSPS) is 28.1. The van der Waals surface area contributed by atoms with E-state index in [9.17, 15) is 9.90 Å². The molecule has 0 bridgehead atoms. The van der Waals surface area contributed by atoms with Gasteiger partial charge in [0.2, 0.25) is 0 Å². The van der Waals surface area contributed by atoms with E-state index < -0.39 is 6.10 Å². The lowest BCUT2D eigenvalue weighted by atomic mass is 9.61. The van der Waals surface area contributed by atoms with Crippen molar-refractivity contribution in [3.63, 3.8) is 0 Å². The first kappa shape index (κ1) is 17.7.